The predicted octanol–water partition coefficient (Wildman–Crippen LogP) is 2.96. The van der Waals surface area contributed by atoms with E-state index in [-0.39, 0.29) is 10.4 Å². The topological polar surface area (TPSA) is 70.2 Å². The molecule has 0 aliphatic carbocycles. The number of likely N-dealkylation sites (tertiary alicyclic amines) is 1. The average Bonchev–Trinajstić information content (AvgIpc) is 2.48. The first-order valence-electron chi connectivity index (χ1n) is 6.61. The first kappa shape index (κ1) is 15.7. The number of nitriles is 1. The molecule has 1 fully saturated rings. The van der Waals surface area contributed by atoms with Crippen molar-refractivity contribution in [2.24, 2.45) is 0 Å². The average molecular weight is 309 g/mol. The molecule has 0 atom stereocenters. The van der Waals surface area contributed by atoms with Crippen molar-refractivity contribution in [3.63, 3.8) is 0 Å². The maximum atomic E-state index is 13.3. The zero-order valence-corrected chi connectivity index (χ0v) is 12.5. The molecule has 1 aliphatic rings. The second kappa shape index (κ2) is 6.41. The summed E-state index contributed by atoms with van der Waals surface area (Å²) in [6.07, 6.45) is 3.36. The Morgan fingerprint density at radius 1 is 1.52 bits per heavy atom. The fraction of sp³-hybridized carbons (Fsp3) is 0.500. The van der Waals surface area contributed by atoms with Gasteiger partial charge >= 0.3 is 0 Å². The minimum absolute atomic E-state index is 0.0570. The molecule has 1 saturated heterocycles. The van der Waals surface area contributed by atoms with Gasteiger partial charge in [0.15, 0.2) is 0 Å². The fourth-order valence-electron chi connectivity index (χ4n) is 2.53. The number of hydrogen-bond donors (Lipinski definition) is 0. The lowest BCUT2D eigenvalue weighted by atomic mass is 9.96. The highest BCUT2D eigenvalue weighted by Crippen LogP contribution is 2.34. The van der Waals surface area contributed by atoms with Crippen molar-refractivity contribution in [2.75, 3.05) is 19.3 Å². The van der Waals surface area contributed by atoms with Crippen LogP contribution >= 0.6 is 11.8 Å². The summed E-state index contributed by atoms with van der Waals surface area (Å²) in [5.74, 6) is -0.469. The lowest BCUT2D eigenvalue weighted by Gasteiger charge is -2.36. The molecular formula is C14H16FN3O2S. The fourth-order valence-corrected chi connectivity index (χ4v) is 3.22. The summed E-state index contributed by atoms with van der Waals surface area (Å²) in [6.45, 7) is 1.70. The van der Waals surface area contributed by atoms with E-state index in [1.807, 2.05) is 11.2 Å². The molecule has 1 aliphatic heterocycles. The lowest BCUT2D eigenvalue weighted by Crippen LogP contribution is -2.41. The van der Waals surface area contributed by atoms with Crippen LogP contribution in [0.3, 0.4) is 0 Å². The van der Waals surface area contributed by atoms with Crippen LogP contribution in [-0.2, 0) is 6.54 Å². The van der Waals surface area contributed by atoms with E-state index in [1.54, 1.807) is 11.8 Å². The SMILES string of the molecule is CSC1(C#N)CCN(Cc2cc(F)ccc2[N+](=O)[O-])CC1. The molecule has 1 aromatic rings. The minimum atomic E-state index is -0.486. The minimum Gasteiger partial charge on any atom is -0.299 e. The summed E-state index contributed by atoms with van der Waals surface area (Å²) in [7, 11) is 0. The number of nitro benzene ring substituents is 1. The molecule has 0 aromatic heterocycles. The zero-order valence-electron chi connectivity index (χ0n) is 11.7. The van der Waals surface area contributed by atoms with E-state index in [2.05, 4.69) is 6.07 Å². The van der Waals surface area contributed by atoms with E-state index in [1.165, 1.54) is 12.1 Å². The summed E-state index contributed by atoms with van der Waals surface area (Å²) in [4.78, 5) is 12.5. The smallest absolute Gasteiger partial charge is 0.274 e. The van der Waals surface area contributed by atoms with E-state index >= 15 is 0 Å². The first-order valence-corrected chi connectivity index (χ1v) is 7.84. The second-order valence-corrected chi connectivity index (χ2v) is 6.31. The van der Waals surface area contributed by atoms with Crippen LogP contribution in [0.2, 0.25) is 0 Å². The third kappa shape index (κ3) is 3.52. The van der Waals surface area contributed by atoms with E-state index in [0.29, 0.717) is 38.0 Å². The van der Waals surface area contributed by atoms with E-state index in [9.17, 15) is 19.8 Å². The Morgan fingerprint density at radius 3 is 2.71 bits per heavy atom. The number of hydrogen-bond acceptors (Lipinski definition) is 5. The van der Waals surface area contributed by atoms with Crippen LogP contribution in [0, 0.1) is 27.3 Å². The molecule has 1 aromatic carbocycles. The van der Waals surface area contributed by atoms with Crippen LogP contribution in [0.1, 0.15) is 18.4 Å². The van der Waals surface area contributed by atoms with Crippen molar-refractivity contribution in [1.29, 1.82) is 5.26 Å². The number of halogens is 1. The van der Waals surface area contributed by atoms with Crippen molar-refractivity contribution in [3.05, 3.63) is 39.7 Å². The molecule has 0 bridgehead atoms. The van der Waals surface area contributed by atoms with Gasteiger partial charge in [-0.05, 0) is 31.2 Å². The first-order chi connectivity index (χ1) is 9.99. The molecule has 5 nitrogen and oxygen atoms in total. The Kier molecular flexibility index (Phi) is 4.80. The summed E-state index contributed by atoms with van der Waals surface area (Å²) in [6, 6.07) is 5.89. The van der Waals surface area contributed by atoms with Crippen molar-refractivity contribution in [3.8, 4) is 6.07 Å². The number of nitro groups is 1. The third-order valence-electron chi connectivity index (χ3n) is 3.89. The van der Waals surface area contributed by atoms with Gasteiger partial charge in [0.1, 0.15) is 10.6 Å². The Hall–Kier alpha value is -1.65. The molecule has 0 unspecified atom stereocenters. The van der Waals surface area contributed by atoms with Gasteiger partial charge in [-0.2, -0.15) is 5.26 Å². The Labute approximate surface area is 126 Å². The maximum absolute atomic E-state index is 13.3. The quantitative estimate of drug-likeness (QED) is 0.631. The van der Waals surface area contributed by atoms with Crippen molar-refractivity contribution in [2.45, 2.75) is 24.1 Å². The molecule has 7 heteroatoms. The highest BCUT2D eigenvalue weighted by atomic mass is 32.2. The van der Waals surface area contributed by atoms with Gasteiger partial charge in [0.2, 0.25) is 0 Å². The van der Waals surface area contributed by atoms with Gasteiger partial charge in [0, 0.05) is 31.3 Å². The van der Waals surface area contributed by atoms with Crippen LogP contribution in [0.5, 0.6) is 0 Å². The molecule has 1 heterocycles. The summed E-state index contributed by atoms with van der Waals surface area (Å²) >= 11 is 1.56. The number of thioether (sulfide) groups is 1. The second-order valence-electron chi connectivity index (χ2n) is 5.12. The monoisotopic (exact) mass is 309 g/mol. The van der Waals surface area contributed by atoms with Gasteiger partial charge in [0.25, 0.3) is 5.69 Å². The number of piperidine rings is 1. The Balaban J connectivity index is 2.09. The molecule has 0 amide bonds. The van der Waals surface area contributed by atoms with E-state index < -0.39 is 10.7 Å². The molecule has 21 heavy (non-hydrogen) atoms. The maximum Gasteiger partial charge on any atom is 0.274 e. The molecule has 2 rings (SSSR count). The molecule has 0 spiro atoms. The van der Waals surface area contributed by atoms with Crippen LogP contribution in [0.25, 0.3) is 0 Å². The summed E-state index contributed by atoms with van der Waals surface area (Å²) in [5, 5.41) is 20.2. The van der Waals surface area contributed by atoms with E-state index in [0.717, 1.165) is 6.07 Å². The number of rotatable bonds is 4. The van der Waals surface area contributed by atoms with Crippen molar-refractivity contribution >= 4 is 17.4 Å². The highest BCUT2D eigenvalue weighted by molar-refractivity contribution is 8.00. The third-order valence-corrected chi connectivity index (χ3v) is 5.17. The molecule has 0 N–H and O–H groups in total. The molecular weight excluding hydrogens is 293 g/mol. The Bertz CT molecular complexity index is 580. The van der Waals surface area contributed by atoms with Crippen LogP contribution in [0.4, 0.5) is 10.1 Å². The zero-order chi connectivity index (χ0) is 15.5. The Morgan fingerprint density at radius 2 is 2.19 bits per heavy atom. The van der Waals surface area contributed by atoms with Crippen LogP contribution in [0.15, 0.2) is 18.2 Å². The van der Waals surface area contributed by atoms with Gasteiger partial charge in [-0.1, -0.05) is 0 Å². The largest absolute Gasteiger partial charge is 0.299 e. The van der Waals surface area contributed by atoms with Crippen LogP contribution < -0.4 is 0 Å². The van der Waals surface area contributed by atoms with Gasteiger partial charge in [-0.15, -0.1) is 11.8 Å². The lowest BCUT2D eigenvalue weighted by molar-refractivity contribution is -0.385. The number of benzene rings is 1. The standard InChI is InChI=1S/C14H16FN3O2S/c1-21-14(10-16)4-6-17(7-5-14)9-11-8-12(15)2-3-13(11)18(19)20/h2-3,8H,4-7,9H2,1H3. The van der Waals surface area contributed by atoms with Crippen molar-refractivity contribution in [1.82, 2.24) is 4.90 Å². The van der Waals surface area contributed by atoms with Crippen LogP contribution in [-0.4, -0.2) is 33.9 Å². The highest BCUT2D eigenvalue weighted by Gasteiger charge is 2.34. The normalized spacial score (nSPS) is 18.1. The molecule has 0 saturated carbocycles. The predicted molar refractivity (Wildman–Crippen MR) is 79.4 cm³/mol. The van der Waals surface area contributed by atoms with Gasteiger partial charge in [-0.3, -0.25) is 15.0 Å². The van der Waals surface area contributed by atoms with Crippen molar-refractivity contribution < 1.29 is 9.31 Å². The van der Waals surface area contributed by atoms with Gasteiger partial charge in [-0.25, -0.2) is 4.39 Å². The van der Waals surface area contributed by atoms with Gasteiger partial charge < -0.3 is 0 Å². The summed E-state index contributed by atoms with van der Waals surface area (Å²) in [5.41, 5.74) is 0.326. The summed E-state index contributed by atoms with van der Waals surface area (Å²) < 4.78 is 13.0. The van der Waals surface area contributed by atoms with Gasteiger partial charge in [0.05, 0.1) is 11.0 Å². The number of nitrogens with zero attached hydrogens (tertiary/aromatic N) is 3. The van der Waals surface area contributed by atoms with E-state index in [4.69, 9.17) is 0 Å². The molecule has 0 radical (unpaired) electrons. The molecule has 112 valence electrons.